The minimum absolute atomic E-state index is 0. The van der Waals surface area contributed by atoms with Gasteiger partial charge in [0.05, 0.1) is 6.10 Å². The molecule has 0 saturated carbocycles. The summed E-state index contributed by atoms with van der Waals surface area (Å²) < 4.78 is 29.5. The maximum absolute atomic E-state index is 12.5. The predicted octanol–water partition coefficient (Wildman–Crippen LogP) is 0.709. The van der Waals surface area contributed by atoms with E-state index in [0.29, 0.717) is 6.42 Å². The van der Waals surface area contributed by atoms with Crippen molar-refractivity contribution >= 4 is 10.1 Å². The van der Waals surface area contributed by atoms with Crippen molar-refractivity contribution in [2.45, 2.75) is 72.2 Å². The fraction of sp³-hybridized carbons (Fsp3) is 1.00. The van der Waals surface area contributed by atoms with Gasteiger partial charge in [-0.15, -0.1) is 0 Å². The summed E-state index contributed by atoms with van der Waals surface area (Å²) in [5, 5.41) is 0. The molecular weight excluding hydrogens is 259 g/mol. The molecule has 0 fully saturated rings. The molecule has 0 unspecified atom stereocenters. The first kappa shape index (κ1) is 21.2. The van der Waals surface area contributed by atoms with Crippen molar-refractivity contribution in [3.63, 3.8) is 0 Å². The molecular formula is C13H29NaO3S. The zero-order chi connectivity index (χ0) is 13.9. The average Bonchev–Trinajstić information content (AvgIpc) is 2.09. The molecule has 0 aliphatic rings. The van der Waals surface area contributed by atoms with Gasteiger partial charge in [0.2, 0.25) is 0 Å². The molecule has 0 aliphatic heterocycles. The van der Waals surface area contributed by atoms with Gasteiger partial charge >= 0.3 is 29.6 Å². The zero-order valence-corrected chi connectivity index (χ0v) is 16.1. The maximum Gasteiger partial charge on any atom is 1.00 e. The topological polar surface area (TPSA) is 43.4 Å². The molecule has 0 saturated heterocycles. The third-order valence-corrected chi connectivity index (χ3v) is 6.10. The van der Waals surface area contributed by atoms with Crippen LogP contribution in [0.5, 0.6) is 0 Å². The Morgan fingerprint density at radius 3 is 1.67 bits per heavy atom. The SMILES string of the molecule is CCCC(C(C)C)(C(C)C)S(=O)(=O)OC(C)C.[H-].[Na+]. The summed E-state index contributed by atoms with van der Waals surface area (Å²) in [6.07, 6.45) is 1.20. The Kier molecular flexibility index (Phi) is 9.73. The van der Waals surface area contributed by atoms with Crippen molar-refractivity contribution in [3.8, 4) is 0 Å². The number of hydrogen-bond donors (Lipinski definition) is 0. The van der Waals surface area contributed by atoms with Gasteiger partial charge in [-0.1, -0.05) is 41.0 Å². The quantitative estimate of drug-likeness (QED) is 0.512. The van der Waals surface area contributed by atoms with Crippen molar-refractivity contribution in [2.24, 2.45) is 11.8 Å². The van der Waals surface area contributed by atoms with Crippen LogP contribution in [0.3, 0.4) is 0 Å². The molecule has 0 N–H and O–H groups in total. The summed E-state index contributed by atoms with van der Waals surface area (Å²) in [6, 6.07) is 0. The average molecular weight is 288 g/mol. The minimum atomic E-state index is -3.54. The molecule has 3 nitrogen and oxygen atoms in total. The third kappa shape index (κ3) is 4.48. The van der Waals surface area contributed by atoms with E-state index in [1.54, 1.807) is 13.8 Å². The molecule has 0 aliphatic carbocycles. The van der Waals surface area contributed by atoms with E-state index in [0.717, 1.165) is 6.42 Å². The van der Waals surface area contributed by atoms with Gasteiger partial charge in [0, 0.05) is 0 Å². The van der Waals surface area contributed by atoms with Crippen LogP contribution in [0.2, 0.25) is 0 Å². The summed E-state index contributed by atoms with van der Waals surface area (Å²) in [5.41, 5.74) is 0. The fourth-order valence-electron chi connectivity index (χ4n) is 2.68. The van der Waals surface area contributed by atoms with Gasteiger partial charge < -0.3 is 1.43 Å². The van der Waals surface area contributed by atoms with E-state index in [1.807, 2.05) is 34.6 Å². The molecule has 0 aromatic rings. The second-order valence-electron chi connectivity index (χ2n) is 5.61. The van der Waals surface area contributed by atoms with Crippen molar-refractivity contribution in [2.75, 3.05) is 0 Å². The summed E-state index contributed by atoms with van der Waals surface area (Å²) in [5.74, 6) is 0.0948. The van der Waals surface area contributed by atoms with E-state index in [2.05, 4.69) is 0 Å². The van der Waals surface area contributed by atoms with Gasteiger partial charge in [-0.25, -0.2) is 0 Å². The standard InChI is InChI=1S/C13H28O3S.Na.H/c1-8-9-13(10(2)3,11(4)5)17(14,15)16-12(6)7;;/h10-12H,8-9H2,1-7H3;;/q;+1;-1. The number of hydrogen-bond acceptors (Lipinski definition) is 3. The van der Waals surface area contributed by atoms with Crippen molar-refractivity contribution in [1.82, 2.24) is 0 Å². The van der Waals surface area contributed by atoms with Crippen molar-refractivity contribution < 1.29 is 43.6 Å². The largest absolute Gasteiger partial charge is 1.00 e. The molecule has 0 aromatic carbocycles. The van der Waals surface area contributed by atoms with E-state index < -0.39 is 14.9 Å². The van der Waals surface area contributed by atoms with Gasteiger partial charge in [-0.3, -0.25) is 4.18 Å². The van der Waals surface area contributed by atoms with E-state index in [-0.39, 0.29) is 48.9 Å². The molecule has 106 valence electrons. The second kappa shape index (κ2) is 8.25. The first-order valence-electron chi connectivity index (χ1n) is 6.54. The molecule has 0 aromatic heterocycles. The van der Waals surface area contributed by atoms with Gasteiger partial charge in [0.15, 0.2) is 0 Å². The third-order valence-electron chi connectivity index (χ3n) is 3.38. The first-order chi connectivity index (χ1) is 7.61. The van der Waals surface area contributed by atoms with Crippen LogP contribution in [0.15, 0.2) is 0 Å². The van der Waals surface area contributed by atoms with Crippen molar-refractivity contribution in [1.29, 1.82) is 0 Å². The van der Waals surface area contributed by atoms with Crippen LogP contribution in [-0.2, 0) is 14.3 Å². The first-order valence-corrected chi connectivity index (χ1v) is 7.95. The summed E-state index contributed by atoms with van der Waals surface area (Å²) >= 11 is 0. The summed E-state index contributed by atoms with van der Waals surface area (Å²) in [7, 11) is -3.54. The Balaban J connectivity index is -0.00000128. The van der Waals surface area contributed by atoms with E-state index in [1.165, 1.54) is 0 Å². The molecule has 0 rings (SSSR count). The number of rotatable bonds is 7. The maximum atomic E-state index is 12.5. The molecule has 0 heterocycles. The van der Waals surface area contributed by atoms with E-state index in [4.69, 9.17) is 4.18 Å². The molecule has 0 atom stereocenters. The fourth-order valence-corrected chi connectivity index (χ4v) is 4.97. The summed E-state index contributed by atoms with van der Waals surface area (Å²) in [6.45, 7) is 13.4. The smallest absolute Gasteiger partial charge is 1.00 e. The van der Waals surface area contributed by atoms with Crippen LogP contribution in [0.1, 0.15) is 62.7 Å². The summed E-state index contributed by atoms with van der Waals surface area (Å²) in [4.78, 5) is 0. The van der Waals surface area contributed by atoms with Crippen molar-refractivity contribution in [3.05, 3.63) is 0 Å². The Labute approximate surface area is 137 Å². The van der Waals surface area contributed by atoms with Crippen LogP contribution < -0.4 is 29.6 Å². The molecule has 18 heavy (non-hydrogen) atoms. The van der Waals surface area contributed by atoms with Crippen LogP contribution >= 0.6 is 0 Å². The molecule has 0 radical (unpaired) electrons. The van der Waals surface area contributed by atoms with Crippen LogP contribution in [0.4, 0.5) is 0 Å². The Bertz CT molecular complexity index is 319. The zero-order valence-electron chi connectivity index (χ0n) is 14.3. The van der Waals surface area contributed by atoms with Gasteiger partial charge in [-0.2, -0.15) is 8.42 Å². The monoisotopic (exact) mass is 288 g/mol. The Morgan fingerprint density at radius 2 is 1.44 bits per heavy atom. The van der Waals surface area contributed by atoms with Crippen LogP contribution in [-0.4, -0.2) is 19.3 Å². The van der Waals surface area contributed by atoms with E-state index in [9.17, 15) is 8.42 Å². The Morgan fingerprint density at radius 1 is 1.06 bits per heavy atom. The van der Waals surface area contributed by atoms with Gasteiger partial charge in [0.25, 0.3) is 10.1 Å². The molecule has 0 spiro atoms. The Hall–Kier alpha value is 0.910. The van der Waals surface area contributed by atoms with Crippen LogP contribution in [0, 0.1) is 11.8 Å². The minimum Gasteiger partial charge on any atom is -1.00 e. The molecule has 0 amide bonds. The molecule has 0 bridgehead atoms. The molecule has 5 heteroatoms. The predicted molar refractivity (Wildman–Crippen MR) is 73.6 cm³/mol. The van der Waals surface area contributed by atoms with Gasteiger partial charge in [0.1, 0.15) is 4.75 Å². The van der Waals surface area contributed by atoms with Crippen LogP contribution in [0.25, 0.3) is 0 Å². The second-order valence-corrected chi connectivity index (χ2v) is 7.47. The normalized spacial score (nSPS) is 13.2. The van der Waals surface area contributed by atoms with E-state index >= 15 is 0 Å². The van der Waals surface area contributed by atoms with Gasteiger partial charge in [-0.05, 0) is 32.1 Å².